The van der Waals surface area contributed by atoms with E-state index in [2.05, 4.69) is 9.62 Å². The average molecular weight is 441 g/mol. The van der Waals surface area contributed by atoms with Crippen LogP contribution in [-0.2, 0) is 19.9 Å². The van der Waals surface area contributed by atoms with E-state index in [1.165, 1.54) is 12.1 Å². The lowest BCUT2D eigenvalue weighted by Gasteiger charge is -2.32. The van der Waals surface area contributed by atoms with Crippen LogP contribution >= 0.6 is 0 Å². The van der Waals surface area contributed by atoms with Gasteiger partial charge >= 0.3 is 0 Å². The monoisotopic (exact) mass is 440 g/mol. The van der Waals surface area contributed by atoms with Gasteiger partial charge in [0, 0.05) is 6.04 Å². The Kier molecular flexibility index (Phi) is 7.05. The minimum Gasteiger partial charge on any atom is -0.303 e. The lowest BCUT2D eigenvalue weighted by molar-refractivity contribution is 0.208. The lowest BCUT2D eigenvalue weighted by atomic mass is 10.1. The first kappa shape index (κ1) is 21.9. The number of benzene rings is 2. The number of rotatable bonds is 8. The highest BCUT2D eigenvalue weighted by Gasteiger charge is 2.24. The van der Waals surface area contributed by atoms with Crippen LogP contribution in [0.2, 0.25) is 0 Å². The molecule has 1 aliphatic rings. The molecule has 0 amide bonds. The number of sulfone groups is 1. The third kappa shape index (κ3) is 6.08. The molecule has 0 atom stereocenters. The van der Waals surface area contributed by atoms with Gasteiger partial charge in [-0.15, -0.1) is 0 Å². The minimum atomic E-state index is -3.52. The average Bonchev–Trinajstić information content (AvgIpc) is 2.70. The molecule has 1 saturated heterocycles. The van der Waals surface area contributed by atoms with Crippen molar-refractivity contribution in [1.82, 2.24) is 9.62 Å². The Morgan fingerprint density at radius 2 is 1.52 bits per heavy atom. The molecule has 0 bridgehead atoms. The third-order valence-corrected chi connectivity index (χ3v) is 8.38. The van der Waals surface area contributed by atoms with Crippen LogP contribution in [0.25, 0.3) is 0 Å². The summed E-state index contributed by atoms with van der Waals surface area (Å²) in [6.45, 7) is 2.04. The van der Waals surface area contributed by atoms with Crippen LogP contribution in [0.15, 0.2) is 64.4 Å². The summed E-state index contributed by atoms with van der Waals surface area (Å²) < 4.78 is 65.1. The molecular weight excluding hydrogens is 415 g/mol. The van der Waals surface area contributed by atoms with Crippen LogP contribution in [0, 0.1) is 5.82 Å². The summed E-state index contributed by atoms with van der Waals surface area (Å²) in [6.07, 6.45) is 1.83. The van der Waals surface area contributed by atoms with E-state index in [4.69, 9.17) is 0 Å². The van der Waals surface area contributed by atoms with Gasteiger partial charge in [-0.1, -0.05) is 18.2 Å². The fourth-order valence-corrected chi connectivity index (χ4v) is 6.02. The summed E-state index contributed by atoms with van der Waals surface area (Å²) >= 11 is 0. The molecule has 0 aliphatic carbocycles. The Balaban J connectivity index is 1.44. The van der Waals surface area contributed by atoms with Crippen LogP contribution in [0.3, 0.4) is 0 Å². The maximum absolute atomic E-state index is 13.0. The fraction of sp³-hybridized carbons (Fsp3) is 0.400. The Bertz CT molecular complexity index is 1000. The number of sulfonamides is 1. The summed E-state index contributed by atoms with van der Waals surface area (Å²) in [4.78, 5) is 2.54. The standard InChI is InChI=1S/C20H25FN2O4S2/c21-17-7-9-19(10-8-17)28(24,25)16-4-13-23-14-11-18(12-15-23)22-29(26,27)20-5-2-1-3-6-20/h1-3,5-10,18,22H,4,11-16H2. The second kappa shape index (κ2) is 9.34. The molecule has 6 nitrogen and oxygen atoms in total. The van der Waals surface area contributed by atoms with Crippen LogP contribution < -0.4 is 4.72 Å². The van der Waals surface area contributed by atoms with Crippen molar-refractivity contribution in [3.63, 3.8) is 0 Å². The maximum Gasteiger partial charge on any atom is 0.240 e. The predicted octanol–water partition coefficient (Wildman–Crippen LogP) is 2.43. The van der Waals surface area contributed by atoms with Gasteiger partial charge in [-0.25, -0.2) is 25.9 Å². The van der Waals surface area contributed by atoms with E-state index in [0.717, 1.165) is 12.1 Å². The first-order valence-corrected chi connectivity index (χ1v) is 12.7. The number of piperidine rings is 1. The summed E-state index contributed by atoms with van der Waals surface area (Å²) in [5, 5.41) is 0. The molecule has 158 valence electrons. The van der Waals surface area contributed by atoms with E-state index < -0.39 is 25.7 Å². The van der Waals surface area contributed by atoms with E-state index in [9.17, 15) is 21.2 Å². The van der Waals surface area contributed by atoms with Crippen molar-refractivity contribution < 1.29 is 21.2 Å². The van der Waals surface area contributed by atoms with Gasteiger partial charge in [-0.3, -0.25) is 0 Å². The molecule has 0 spiro atoms. The Morgan fingerprint density at radius 3 is 2.14 bits per heavy atom. The first-order valence-electron chi connectivity index (χ1n) is 9.54. The molecule has 1 heterocycles. The van der Waals surface area contributed by atoms with Crippen molar-refractivity contribution in [2.45, 2.75) is 35.1 Å². The maximum atomic E-state index is 13.0. The quantitative estimate of drug-likeness (QED) is 0.638. The SMILES string of the molecule is O=S(=O)(CCCN1CCC(NS(=O)(=O)c2ccccc2)CC1)c1ccc(F)cc1. The van der Waals surface area contributed by atoms with E-state index in [1.807, 2.05) is 0 Å². The zero-order chi connectivity index (χ0) is 20.9. The molecule has 2 aromatic rings. The van der Waals surface area contributed by atoms with Crippen LogP contribution in [-0.4, -0.2) is 53.2 Å². The smallest absolute Gasteiger partial charge is 0.240 e. The highest BCUT2D eigenvalue weighted by molar-refractivity contribution is 7.91. The van der Waals surface area contributed by atoms with E-state index in [0.29, 0.717) is 38.9 Å². The van der Waals surface area contributed by atoms with Gasteiger partial charge in [0.1, 0.15) is 5.82 Å². The van der Waals surface area contributed by atoms with Crippen LogP contribution in [0.1, 0.15) is 19.3 Å². The van der Waals surface area contributed by atoms with Crippen LogP contribution in [0.5, 0.6) is 0 Å². The summed E-state index contributed by atoms with van der Waals surface area (Å²) in [6, 6.07) is 13.0. The molecule has 1 aliphatic heterocycles. The fourth-order valence-electron chi connectivity index (χ4n) is 3.40. The van der Waals surface area contributed by atoms with Gasteiger partial charge in [0.2, 0.25) is 10.0 Å². The molecule has 0 radical (unpaired) electrons. The molecule has 1 fully saturated rings. The highest BCUT2D eigenvalue weighted by atomic mass is 32.2. The van der Waals surface area contributed by atoms with Crippen molar-refractivity contribution >= 4 is 19.9 Å². The summed E-state index contributed by atoms with van der Waals surface area (Å²) in [7, 11) is -6.95. The highest BCUT2D eigenvalue weighted by Crippen LogP contribution is 2.17. The Hall–Kier alpha value is -1.81. The van der Waals surface area contributed by atoms with E-state index >= 15 is 0 Å². The van der Waals surface area contributed by atoms with Gasteiger partial charge in [0.25, 0.3) is 0 Å². The Labute approximate surface area is 171 Å². The number of likely N-dealkylation sites (tertiary alicyclic amines) is 1. The molecule has 1 N–H and O–H groups in total. The molecule has 2 aromatic carbocycles. The summed E-state index contributed by atoms with van der Waals surface area (Å²) in [5.74, 6) is -0.464. The van der Waals surface area contributed by atoms with Gasteiger partial charge in [0.05, 0.1) is 15.5 Å². The second-order valence-corrected chi connectivity index (χ2v) is 11.0. The third-order valence-electron chi connectivity index (χ3n) is 5.02. The van der Waals surface area contributed by atoms with Crippen molar-refractivity contribution in [3.05, 3.63) is 60.4 Å². The zero-order valence-electron chi connectivity index (χ0n) is 16.0. The van der Waals surface area contributed by atoms with Crippen LogP contribution in [0.4, 0.5) is 4.39 Å². The molecule has 0 unspecified atom stereocenters. The van der Waals surface area contributed by atoms with Crippen molar-refractivity contribution in [3.8, 4) is 0 Å². The first-order chi connectivity index (χ1) is 13.8. The van der Waals surface area contributed by atoms with Gasteiger partial charge in [0.15, 0.2) is 9.84 Å². The molecule has 3 rings (SSSR count). The Morgan fingerprint density at radius 1 is 0.897 bits per heavy atom. The predicted molar refractivity (Wildman–Crippen MR) is 109 cm³/mol. The normalized spacial score (nSPS) is 16.7. The minimum absolute atomic E-state index is 0.000796. The second-order valence-electron chi connectivity index (χ2n) is 7.18. The molecule has 0 saturated carbocycles. The van der Waals surface area contributed by atoms with Gasteiger partial charge in [-0.2, -0.15) is 0 Å². The molecule has 0 aromatic heterocycles. The molecule has 29 heavy (non-hydrogen) atoms. The van der Waals surface area contributed by atoms with Crippen molar-refractivity contribution in [2.24, 2.45) is 0 Å². The van der Waals surface area contributed by atoms with Gasteiger partial charge in [-0.05, 0) is 75.3 Å². The molecular formula is C20H25FN2O4S2. The number of hydrogen-bond acceptors (Lipinski definition) is 5. The van der Waals surface area contributed by atoms with Crippen molar-refractivity contribution in [2.75, 3.05) is 25.4 Å². The number of nitrogens with zero attached hydrogens (tertiary/aromatic N) is 1. The van der Waals surface area contributed by atoms with Crippen molar-refractivity contribution in [1.29, 1.82) is 0 Å². The zero-order valence-corrected chi connectivity index (χ0v) is 17.6. The summed E-state index contributed by atoms with van der Waals surface area (Å²) in [5.41, 5.74) is 0. The number of halogens is 1. The van der Waals surface area contributed by atoms with E-state index in [1.54, 1.807) is 30.3 Å². The molecule has 9 heteroatoms. The van der Waals surface area contributed by atoms with Gasteiger partial charge < -0.3 is 4.90 Å². The number of nitrogens with one attached hydrogen (secondary N) is 1. The topological polar surface area (TPSA) is 83.6 Å². The number of hydrogen-bond donors (Lipinski definition) is 1. The lowest BCUT2D eigenvalue weighted by Crippen LogP contribution is -2.44. The largest absolute Gasteiger partial charge is 0.303 e. The van der Waals surface area contributed by atoms with E-state index in [-0.39, 0.29) is 21.6 Å².